The van der Waals surface area contributed by atoms with Crippen molar-refractivity contribution in [2.45, 2.75) is 6.42 Å². The number of hydrogen-bond donors (Lipinski definition) is 1. The van der Waals surface area contributed by atoms with Gasteiger partial charge in [0.05, 0.1) is 5.92 Å². The number of para-hydroxylation sites is 1. The molecule has 4 rings (SSSR count). The Morgan fingerprint density at radius 3 is 3.00 bits per heavy atom. The van der Waals surface area contributed by atoms with E-state index < -0.39 is 0 Å². The largest absolute Gasteiger partial charge is 0.492 e. The number of fused-ring (bicyclic) bond motifs is 2. The molecule has 114 valence electrons. The van der Waals surface area contributed by atoms with Gasteiger partial charge in [-0.1, -0.05) is 30.3 Å². The molecule has 0 spiro atoms. The summed E-state index contributed by atoms with van der Waals surface area (Å²) in [5.41, 5.74) is 1.90. The van der Waals surface area contributed by atoms with Gasteiger partial charge in [-0.05, 0) is 30.2 Å². The number of amides is 1. The Hall–Kier alpha value is -2.88. The van der Waals surface area contributed by atoms with Crippen LogP contribution in [-0.4, -0.2) is 17.5 Å². The molecule has 0 unspecified atom stereocenters. The van der Waals surface area contributed by atoms with Gasteiger partial charge in [0.25, 0.3) is 0 Å². The monoisotopic (exact) mass is 304 g/mol. The molecule has 0 fully saturated rings. The van der Waals surface area contributed by atoms with E-state index in [1.807, 2.05) is 48.5 Å². The summed E-state index contributed by atoms with van der Waals surface area (Å²) in [6, 6.07) is 15.6. The minimum Gasteiger partial charge on any atom is -0.492 e. The van der Waals surface area contributed by atoms with Crippen LogP contribution in [0.5, 0.6) is 5.75 Å². The normalized spacial score (nSPS) is 16.4. The van der Waals surface area contributed by atoms with Crippen LogP contribution in [0.25, 0.3) is 10.8 Å². The minimum absolute atomic E-state index is 0.0104. The van der Waals surface area contributed by atoms with E-state index in [1.54, 1.807) is 12.4 Å². The topological polar surface area (TPSA) is 51.2 Å². The lowest BCUT2D eigenvalue weighted by atomic mass is 9.96. The van der Waals surface area contributed by atoms with Crippen LogP contribution in [0.15, 0.2) is 60.9 Å². The van der Waals surface area contributed by atoms with E-state index in [4.69, 9.17) is 4.74 Å². The third-order valence-electron chi connectivity index (χ3n) is 4.19. The molecule has 2 heterocycles. The summed E-state index contributed by atoms with van der Waals surface area (Å²) in [5, 5.41) is 5.04. The molecule has 0 radical (unpaired) electrons. The lowest BCUT2D eigenvalue weighted by Crippen LogP contribution is -2.32. The Morgan fingerprint density at radius 2 is 2.04 bits per heavy atom. The predicted molar refractivity (Wildman–Crippen MR) is 89.5 cm³/mol. The molecule has 0 aliphatic carbocycles. The Labute approximate surface area is 134 Å². The highest BCUT2D eigenvalue weighted by atomic mass is 16.5. The van der Waals surface area contributed by atoms with Crippen molar-refractivity contribution in [3.8, 4) is 5.75 Å². The molecular formula is C19H16N2O2. The van der Waals surface area contributed by atoms with Gasteiger partial charge < -0.3 is 10.1 Å². The molecule has 23 heavy (non-hydrogen) atoms. The van der Waals surface area contributed by atoms with Crippen molar-refractivity contribution in [3.05, 3.63) is 66.5 Å². The maximum absolute atomic E-state index is 12.6. The zero-order chi connectivity index (χ0) is 15.6. The van der Waals surface area contributed by atoms with Crippen LogP contribution in [0.4, 0.5) is 5.69 Å². The van der Waals surface area contributed by atoms with E-state index in [-0.39, 0.29) is 11.8 Å². The number of carbonyl (C=O) groups excluding carboxylic acids is 1. The number of benzene rings is 2. The van der Waals surface area contributed by atoms with Crippen LogP contribution < -0.4 is 10.1 Å². The molecule has 0 bridgehead atoms. The highest BCUT2D eigenvalue weighted by Gasteiger charge is 2.26. The van der Waals surface area contributed by atoms with E-state index in [1.165, 1.54) is 0 Å². The van der Waals surface area contributed by atoms with Crippen molar-refractivity contribution in [3.63, 3.8) is 0 Å². The van der Waals surface area contributed by atoms with Gasteiger partial charge in [-0.15, -0.1) is 0 Å². The van der Waals surface area contributed by atoms with Crippen molar-refractivity contribution < 1.29 is 9.53 Å². The first-order valence-electron chi connectivity index (χ1n) is 7.65. The summed E-state index contributed by atoms with van der Waals surface area (Å²) in [6.45, 7) is 0.412. The van der Waals surface area contributed by atoms with Crippen LogP contribution in [-0.2, 0) is 11.2 Å². The van der Waals surface area contributed by atoms with Gasteiger partial charge in [0.1, 0.15) is 12.4 Å². The van der Waals surface area contributed by atoms with E-state index in [0.717, 1.165) is 27.8 Å². The Morgan fingerprint density at radius 1 is 1.13 bits per heavy atom. The number of anilines is 1. The fourth-order valence-corrected chi connectivity index (χ4v) is 2.96. The average molecular weight is 304 g/mol. The van der Waals surface area contributed by atoms with Gasteiger partial charge in [-0.3, -0.25) is 9.78 Å². The van der Waals surface area contributed by atoms with E-state index in [0.29, 0.717) is 13.0 Å². The Balaban J connectivity index is 1.56. The number of nitrogens with zero attached hydrogens (tertiary/aromatic N) is 1. The highest BCUT2D eigenvalue weighted by Crippen LogP contribution is 2.28. The maximum atomic E-state index is 12.6. The molecule has 1 aromatic heterocycles. The van der Waals surface area contributed by atoms with Gasteiger partial charge >= 0.3 is 0 Å². The second-order valence-electron chi connectivity index (χ2n) is 5.71. The van der Waals surface area contributed by atoms with E-state index in [9.17, 15) is 4.79 Å². The standard InChI is InChI=1S/C19H16N2O2/c22-19(15-10-13-4-1-2-7-18(13)23-12-15)21-17-6-3-5-14-11-20-9-8-16(14)17/h1-9,11,15H,10,12H2,(H,21,22)/t15-/m0/s1. The van der Waals surface area contributed by atoms with Crippen molar-refractivity contribution in [1.82, 2.24) is 4.98 Å². The molecule has 0 saturated carbocycles. The lowest BCUT2D eigenvalue weighted by Gasteiger charge is -2.24. The van der Waals surface area contributed by atoms with Gasteiger partial charge in [-0.2, -0.15) is 0 Å². The second kappa shape index (κ2) is 5.72. The smallest absolute Gasteiger partial charge is 0.231 e. The number of ether oxygens (including phenoxy) is 1. The zero-order valence-corrected chi connectivity index (χ0v) is 12.5. The fourth-order valence-electron chi connectivity index (χ4n) is 2.96. The van der Waals surface area contributed by atoms with Gasteiger partial charge in [0.15, 0.2) is 0 Å². The molecule has 1 N–H and O–H groups in total. The van der Waals surface area contributed by atoms with Crippen molar-refractivity contribution in [1.29, 1.82) is 0 Å². The van der Waals surface area contributed by atoms with Crippen LogP contribution in [0.3, 0.4) is 0 Å². The van der Waals surface area contributed by atoms with Gasteiger partial charge in [0.2, 0.25) is 5.91 Å². The van der Waals surface area contributed by atoms with E-state index in [2.05, 4.69) is 10.3 Å². The minimum atomic E-state index is -0.179. The molecule has 1 amide bonds. The summed E-state index contributed by atoms with van der Waals surface area (Å²) in [5.74, 6) is 0.693. The van der Waals surface area contributed by atoms with Gasteiger partial charge in [-0.25, -0.2) is 0 Å². The summed E-state index contributed by atoms with van der Waals surface area (Å²) in [4.78, 5) is 16.7. The van der Waals surface area contributed by atoms with Crippen LogP contribution in [0, 0.1) is 5.92 Å². The molecule has 1 aliphatic rings. The maximum Gasteiger partial charge on any atom is 0.231 e. The molecular weight excluding hydrogens is 288 g/mol. The van der Waals surface area contributed by atoms with Crippen LogP contribution >= 0.6 is 0 Å². The number of pyridine rings is 1. The summed E-state index contributed by atoms with van der Waals surface area (Å²) < 4.78 is 5.71. The average Bonchev–Trinajstić information content (AvgIpc) is 2.61. The quantitative estimate of drug-likeness (QED) is 0.789. The Bertz CT molecular complexity index is 871. The van der Waals surface area contributed by atoms with Crippen molar-refractivity contribution in [2.75, 3.05) is 11.9 Å². The van der Waals surface area contributed by atoms with Crippen molar-refractivity contribution >= 4 is 22.4 Å². The first-order chi connectivity index (χ1) is 11.3. The molecule has 2 aromatic carbocycles. The first kappa shape index (κ1) is 13.8. The molecule has 4 heteroatoms. The fraction of sp³-hybridized carbons (Fsp3) is 0.158. The van der Waals surface area contributed by atoms with Gasteiger partial charge in [0, 0.05) is 28.9 Å². The van der Waals surface area contributed by atoms with Crippen LogP contribution in [0.2, 0.25) is 0 Å². The van der Waals surface area contributed by atoms with E-state index >= 15 is 0 Å². The third kappa shape index (κ3) is 2.63. The molecule has 4 nitrogen and oxygen atoms in total. The molecule has 1 aliphatic heterocycles. The first-order valence-corrected chi connectivity index (χ1v) is 7.65. The number of aromatic nitrogens is 1. The lowest BCUT2D eigenvalue weighted by molar-refractivity contribution is -0.121. The van der Waals surface area contributed by atoms with Crippen molar-refractivity contribution in [2.24, 2.45) is 5.92 Å². The molecule has 1 atom stereocenters. The number of carbonyl (C=O) groups is 1. The SMILES string of the molecule is O=C(Nc1cccc2cnccc12)[C@@H]1COc2ccccc2C1. The second-order valence-corrected chi connectivity index (χ2v) is 5.71. The summed E-state index contributed by atoms with van der Waals surface area (Å²) in [6.07, 6.45) is 4.23. The zero-order valence-electron chi connectivity index (χ0n) is 12.5. The predicted octanol–water partition coefficient (Wildman–Crippen LogP) is 3.42. The number of nitrogens with one attached hydrogen (secondary N) is 1. The summed E-state index contributed by atoms with van der Waals surface area (Å²) >= 11 is 0. The third-order valence-corrected chi connectivity index (χ3v) is 4.19. The molecule has 3 aromatic rings. The molecule has 0 saturated heterocycles. The number of rotatable bonds is 2. The Kier molecular flexibility index (Phi) is 3.42. The van der Waals surface area contributed by atoms with Crippen LogP contribution in [0.1, 0.15) is 5.56 Å². The summed E-state index contributed by atoms with van der Waals surface area (Å²) in [7, 11) is 0. The highest BCUT2D eigenvalue weighted by molar-refractivity contribution is 6.02. The number of hydrogen-bond acceptors (Lipinski definition) is 3.